The van der Waals surface area contributed by atoms with Gasteiger partial charge in [-0.2, -0.15) is 9.97 Å². The van der Waals surface area contributed by atoms with Crippen molar-refractivity contribution in [1.29, 1.82) is 0 Å². The maximum atomic E-state index is 5.09. The summed E-state index contributed by atoms with van der Waals surface area (Å²) in [4.78, 5) is 8.31. The Bertz CT molecular complexity index is 471. The van der Waals surface area contributed by atoms with Crippen molar-refractivity contribution in [3.8, 4) is 23.3 Å². The van der Waals surface area contributed by atoms with Crippen LogP contribution in [0.25, 0.3) is 11.4 Å². The molecule has 0 fully saturated rings. The number of hydrogen-bond donors (Lipinski definition) is 0. The molecule has 0 aliphatic heterocycles. The lowest BCUT2D eigenvalue weighted by Crippen LogP contribution is -1.99. The van der Waals surface area contributed by atoms with Gasteiger partial charge in [0.15, 0.2) is 0 Å². The summed E-state index contributed by atoms with van der Waals surface area (Å²) < 4.78 is 12.1. The van der Waals surface area contributed by atoms with E-state index in [1.165, 1.54) is 7.11 Å². The van der Waals surface area contributed by atoms with Gasteiger partial charge < -0.3 is 14.0 Å². The van der Waals surface area contributed by atoms with Crippen LogP contribution in [0.5, 0.6) is 11.9 Å². The van der Waals surface area contributed by atoms with E-state index in [1.807, 2.05) is 29.9 Å². The summed E-state index contributed by atoms with van der Waals surface area (Å²) in [5.41, 5.74) is 1.76. The minimum absolute atomic E-state index is 0.301. The van der Waals surface area contributed by atoms with Crippen LogP contribution in [0.4, 0.5) is 0 Å². The summed E-state index contributed by atoms with van der Waals surface area (Å²) in [6, 6.07) is 6.01. The van der Waals surface area contributed by atoms with Crippen molar-refractivity contribution in [2.75, 3.05) is 14.2 Å². The molecule has 5 heteroatoms. The molecule has 0 aliphatic rings. The summed E-state index contributed by atoms with van der Waals surface area (Å²) in [7, 11) is 5.05. The van der Waals surface area contributed by atoms with E-state index in [0.717, 1.165) is 11.4 Å². The molecule has 0 aliphatic carbocycles. The van der Waals surface area contributed by atoms with Crippen molar-refractivity contribution in [2.24, 2.45) is 7.05 Å². The fourth-order valence-corrected chi connectivity index (χ4v) is 1.46. The summed E-state index contributed by atoms with van der Waals surface area (Å²) in [6.07, 6.45) is 1.95. The molecule has 16 heavy (non-hydrogen) atoms. The van der Waals surface area contributed by atoms with Gasteiger partial charge in [-0.15, -0.1) is 0 Å². The van der Waals surface area contributed by atoms with Crippen LogP contribution in [-0.4, -0.2) is 28.8 Å². The number of aromatic nitrogens is 3. The predicted molar refractivity (Wildman–Crippen MR) is 59.5 cm³/mol. The van der Waals surface area contributed by atoms with Crippen LogP contribution in [0.1, 0.15) is 0 Å². The molecule has 0 spiro atoms. The molecular weight excluding hydrogens is 206 g/mol. The molecule has 0 unspecified atom stereocenters. The minimum Gasteiger partial charge on any atom is -0.481 e. The van der Waals surface area contributed by atoms with E-state index >= 15 is 0 Å². The lowest BCUT2D eigenvalue weighted by Gasteiger charge is -2.06. The second-order valence-electron chi connectivity index (χ2n) is 3.29. The number of rotatable bonds is 3. The van der Waals surface area contributed by atoms with Crippen molar-refractivity contribution in [1.82, 2.24) is 14.5 Å². The first-order valence-electron chi connectivity index (χ1n) is 4.83. The number of aryl methyl sites for hydroxylation is 1. The standard InChI is InChI=1S/C11H13N3O2/c1-14-6-4-5-9(14)8-7-10(15-2)13-11(12-8)16-3/h4-7H,1-3H3. The monoisotopic (exact) mass is 219 g/mol. The molecule has 0 saturated heterocycles. The molecule has 0 N–H and O–H groups in total. The Hall–Kier alpha value is -2.04. The highest BCUT2D eigenvalue weighted by atomic mass is 16.5. The zero-order valence-corrected chi connectivity index (χ0v) is 9.47. The molecule has 0 bridgehead atoms. The van der Waals surface area contributed by atoms with Gasteiger partial charge in [0.05, 0.1) is 25.6 Å². The Balaban J connectivity index is 2.52. The van der Waals surface area contributed by atoms with Gasteiger partial charge in [0.2, 0.25) is 5.88 Å². The van der Waals surface area contributed by atoms with Crippen molar-refractivity contribution >= 4 is 0 Å². The van der Waals surface area contributed by atoms with Gasteiger partial charge in [-0.25, -0.2) is 0 Å². The van der Waals surface area contributed by atoms with Crippen molar-refractivity contribution in [2.45, 2.75) is 0 Å². The van der Waals surface area contributed by atoms with Crippen LogP contribution in [0, 0.1) is 0 Å². The van der Waals surface area contributed by atoms with E-state index in [4.69, 9.17) is 9.47 Å². The van der Waals surface area contributed by atoms with Crippen molar-refractivity contribution in [3.63, 3.8) is 0 Å². The average Bonchev–Trinajstić information content (AvgIpc) is 2.74. The highest BCUT2D eigenvalue weighted by Gasteiger charge is 2.09. The zero-order valence-electron chi connectivity index (χ0n) is 9.47. The predicted octanol–water partition coefficient (Wildman–Crippen LogP) is 1.50. The first-order valence-corrected chi connectivity index (χ1v) is 4.83. The van der Waals surface area contributed by atoms with Crippen LogP contribution in [0.15, 0.2) is 24.4 Å². The molecular formula is C11H13N3O2. The van der Waals surface area contributed by atoms with E-state index in [0.29, 0.717) is 11.9 Å². The fraction of sp³-hybridized carbons (Fsp3) is 0.273. The van der Waals surface area contributed by atoms with Gasteiger partial charge in [-0.1, -0.05) is 0 Å². The number of nitrogens with zero attached hydrogens (tertiary/aromatic N) is 3. The Labute approximate surface area is 93.7 Å². The maximum Gasteiger partial charge on any atom is 0.320 e. The number of hydrogen-bond acceptors (Lipinski definition) is 4. The van der Waals surface area contributed by atoms with Gasteiger partial charge in [-0.3, -0.25) is 0 Å². The van der Waals surface area contributed by atoms with E-state index in [1.54, 1.807) is 13.2 Å². The van der Waals surface area contributed by atoms with E-state index < -0.39 is 0 Å². The third-order valence-electron chi connectivity index (χ3n) is 2.28. The van der Waals surface area contributed by atoms with Crippen molar-refractivity contribution in [3.05, 3.63) is 24.4 Å². The summed E-state index contributed by atoms with van der Waals surface area (Å²) >= 11 is 0. The molecule has 2 heterocycles. The summed E-state index contributed by atoms with van der Waals surface area (Å²) in [5, 5.41) is 0. The largest absolute Gasteiger partial charge is 0.481 e. The maximum absolute atomic E-state index is 5.09. The molecule has 84 valence electrons. The Morgan fingerprint density at radius 3 is 2.56 bits per heavy atom. The van der Waals surface area contributed by atoms with Gasteiger partial charge in [0, 0.05) is 19.3 Å². The Morgan fingerprint density at radius 1 is 1.19 bits per heavy atom. The van der Waals surface area contributed by atoms with Crippen LogP contribution in [0.2, 0.25) is 0 Å². The van der Waals surface area contributed by atoms with Gasteiger partial charge in [0.1, 0.15) is 0 Å². The average molecular weight is 219 g/mol. The molecule has 2 aromatic rings. The molecule has 2 aromatic heterocycles. The first kappa shape index (κ1) is 10.5. The number of ether oxygens (including phenoxy) is 2. The molecule has 5 nitrogen and oxygen atoms in total. The van der Waals surface area contributed by atoms with E-state index in [-0.39, 0.29) is 0 Å². The second-order valence-corrected chi connectivity index (χ2v) is 3.29. The lowest BCUT2D eigenvalue weighted by molar-refractivity contribution is 0.352. The van der Waals surface area contributed by atoms with Crippen LogP contribution >= 0.6 is 0 Å². The third-order valence-corrected chi connectivity index (χ3v) is 2.28. The van der Waals surface area contributed by atoms with E-state index in [2.05, 4.69) is 9.97 Å². The van der Waals surface area contributed by atoms with Gasteiger partial charge >= 0.3 is 6.01 Å². The lowest BCUT2D eigenvalue weighted by atomic mass is 10.3. The summed E-state index contributed by atoms with van der Waals surface area (Å²) in [5.74, 6) is 0.489. The highest BCUT2D eigenvalue weighted by Crippen LogP contribution is 2.22. The topological polar surface area (TPSA) is 49.2 Å². The highest BCUT2D eigenvalue weighted by molar-refractivity contribution is 5.56. The summed E-state index contributed by atoms with van der Waals surface area (Å²) in [6.45, 7) is 0. The van der Waals surface area contributed by atoms with Crippen LogP contribution in [-0.2, 0) is 7.05 Å². The van der Waals surface area contributed by atoms with Crippen molar-refractivity contribution < 1.29 is 9.47 Å². The SMILES string of the molecule is COc1cc(-c2cccn2C)nc(OC)n1. The van der Waals surface area contributed by atoms with Gasteiger partial charge in [0.25, 0.3) is 0 Å². The Morgan fingerprint density at radius 2 is 2.00 bits per heavy atom. The smallest absolute Gasteiger partial charge is 0.320 e. The van der Waals surface area contributed by atoms with Crippen LogP contribution in [0.3, 0.4) is 0 Å². The fourth-order valence-electron chi connectivity index (χ4n) is 1.46. The molecule has 0 saturated carbocycles. The molecule has 2 rings (SSSR count). The quantitative estimate of drug-likeness (QED) is 0.785. The number of methoxy groups -OCH3 is 2. The van der Waals surface area contributed by atoms with Crippen LogP contribution < -0.4 is 9.47 Å². The minimum atomic E-state index is 0.301. The van der Waals surface area contributed by atoms with E-state index in [9.17, 15) is 0 Å². The molecule has 0 radical (unpaired) electrons. The Kier molecular flexibility index (Phi) is 2.76. The third kappa shape index (κ3) is 1.84. The van der Waals surface area contributed by atoms with Gasteiger partial charge in [-0.05, 0) is 12.1 Å². The molecule has 0 atom stereocenters. The molecule has 0 amide bonds. The second kappa shape index (κ2) is 4.22. The normalized spacial score (nSPS) is 10.2. The zero-order chi connectivity index (χ0) is 11.5. The first-order chi connectivity index (χ1) is 7.74. The molecule has 0 aromatic carbocycles.